The highest BCUT2D eigenvalue weighted by Crippen LogP contribution is 2.05. The molecule has 0 aromatic heterocycles. The fraction of sp³-hybridized carbons (Fsp3) is 0. The summed E-state index contributed by atoms with van der Waals surface area (Å²) in [5, 5.41) is 0. The van der Waals surface area contributed by atoms with Gasteiger partial charge in [-0.25, -0.2) is 0 Å². The van der Waals surface area contributed by atoms with Crippen molar-refractivity contribution in [3.05, 3.63) is 66.2 Å². The normalized spacial score (nSPS) is 9.40. The average molecular weight is 441 g/mol. The van der Waals surface area contributed by atoms with E-state index in [0.717, 1.165) is 4.47 Å². The topological polar surface area (TPSA) is 0 Å². The van der Waals surface area contributed by atoms with Crippen LogP contribution in [0, 0.1) is 7.14 Å². The largest absolute Gasteiger partial charge is 0.357 e. The molecule has 2 rings (SSSR count). The van der Waals surface area contributed by atoms with Gasteiger partial charge in [0.15, 0.2) is 7.14 Å². The third-order valence-corrected chi connectivity index (χ3v) is 4.97. The van der Waals surface area contributed by atoms with Gasteiger partial charge in [-0.05, 0) is 36.4 Å². The Morgan fingerprint density at radius 2 is 1.27 bits per heavy atom. The van der Waals surface area contributed by atoms with Crippen molar-refractivity contribution in [3.8, 4) is 0 Å². The molecule has 0 aliphatic carbocycles. The van der Waals surface area contributed by atoms with Crippen molar-refractivity contribution in [1.29, 1.82) is 0 Å². The summed E-state index contributed by atoms with van der Waals surface area (Å²) < 4.78 is 4.07. The molecule has 0 saturated carbocycles. The summed E-state index contributed by atoms with van der Waals surface area (Å²) in [6, 6.07) is 19.3. The molecule has 0 heterocycles. The number of benzene rings is 2. The zero-order valence-electron chi connectivity index (χ0n) is 7.86. The standard InChI is InChI=1S/C12H9BrI.BrH/c13-10-6-8-12(9-7-10)14-11-4-2-1-3-5-11;/h1-9H;1H/q+1;. The van der Waals surface area contributed by atoms with Crippen LogP contribution >= 0.6 is 32.9 Å². The maximum absolute atomic E-state index is 3.44. The number of hydrogen-bond donors (Lipinski definition) is 0. The molecule has 15 heavy (non-hydrogen) atoms. The monoisotopic (exact) mass is 439 g/mol. The SMILES string of the molecule is Br.Brc1ccc([I+]c2ccccc2)cc1. The Bertz CT molecular complexity index is 398. The van der Waals surface area contributed by atoms with Gasteiger partial charge in [0.1, 0.15) is 0 Å². The molecule has 0 unspecified atom stereocenters. The smallest absolute Gasteiger partial charge is 0.114 e. The fourth-order valence-electron chi connectivity index (χ4n) is 1.10. The van der Waals surface area contributed by atoms with E-state index in [0.29, 0.717) is 0 Å². The second-order valence-electron chi connectivity index (χ2n) is 2.83. The molecule has 0 bridgehead atoms. The van der Waals surface area contributed by atoms with E-state index < -0.39 is 0 Å². The molecule has 0 saturated heterocycles. The molecule has 0 radical (unpaired) electrons. The summed E-state index contributed by atoms with van der Waals surface area (Å²) in [6.45, 7) is 0. The molecule has 2 aromatic rings. The van der Waals surface area contributed by atoms with Crippen molar-refractivity contribution in [3.63, 3.8) is 0 Å². The number of hydrogen-bond acceptors (Lipinski definition) is 0. The third-order valence-electron chi connectivity index (χ3n) is 1.75. The predicted molar refractivity (Wildman–Crippen MR) is 68.3 cm³/mol. The molecule has 3 heteroatoms. The molecular formula is C12H10Br2I+. The van der Waals surface area contributed by atoms with Crippen molar-refractivity contribution in [2.75, 3.05) is 0 Å². The minimum atomic E-state index is -0.00492. The summed E-state index contributed by atoms with van der Waals surface area (Å²) in [6.07, 6.45) is 0. The van der Waals surface area contributed by atoms with E-state index in [1.807, 2.05) is 0 Å². The Kier molecular flexibility index (Phi) is 5.86. The van der Waals surface area contributed by atoms with Crippen LogP contribution < -0.4 is 21.2 Å². The van der Waals surface area contributed by atoms with Crippen molar-refractivity contribution >= 4 is 32.9 Å². The van der Waals surface area contributed by atoms with Gasteiger partial charge < -0.3 is 0 Å². The van der Waals surface area contributed by atoms with Crippen LogP contribution in [-0.2, 0) is 0 Å². The Morgan fingerprint density at radius 1 is 0.733 bits per heavy atom. The quantitative estimate of drug-likeness (QED) is 0.615. The van der Waals surface area contributed by atoms with Gasteiger partial charge >= 0.3 is 21.2 Å². The van der Waals surface area contributed by atoms with Crippen molar-refractivity contribution in [1.82, 2.24) is 0 Å². The van der Waals surface area contributed by atoms with Crippen LogP contribution in [0.3, 0.4) is 0 Å². The first kappa shape index (κ1) is 13.2. The zero-order chi connectivity index (χ0) is 9.80. The predicted octanol–water partition coefficient (Wildman–Crippen LogP) is 1.16. The summed E-state index contributed by atoms with van der Waals surface area (Å²) >= 11 is 3.44. The molecule has 0 spiro atoms. The van der Waals surface area contributed by atoms with Crippen LogP contribution in [-0.4, -0.2) is 0 Å². The second-order valence-corrected chi connectivity index (χ2v) is 6.77. The van der Waals surface area contributed by atoms with E-state index in [4.69, 9.17) is 0 Å². The lowest BCUT2D eigenvalue weighted by molar-refractivity contribution is -0.597. The number of halogens is 3. The minimum Gasteiger partial charge on any atom is -0.114 e. The van der Waals surface area contributed by atoms with Gasteiger partial charge in [0, 0.05) is 4.47 Å². The third kappa shape index (κ3) is 4.25. The van der Waals surface area contributed by atoms with Crippen molar-refractivity contribution in [2.24, 2.45) is 0 Å². The fourth-order valence-corrected chi connectivity index (χ4v) is 3.57. The minimum absolute atomic E-state index is 0. The first-order valence-corrected chi connectivity index (χ1v) is 7.25. The van der Waals surface area contributed by atoms with Crippen molar-refractivity contribution in [2.45, 2.75) is 0 Å². The first-order valence-electron chi connectivity index (χ1n) is 4.30. The molecule has 0 aliphatic rings. The molecule has 0 aliphatic heterocycles. The Balaban J connectivity index is 0.00000112. The van der Waals surface area contributed by atoms with Gasteiger partial charge in [0.05, 0.1) is 0 Å². The lowest BCUT2D eigenvalue weighted by Gasteiger charge is -1.87. The Morgan fingerprint density at radius 3 is 1.87 bits per heavy atom. The number of rotatable bonds is 2. The summed E-state index contributed by atoms with van der Waals surface area (Å²) in [7, 11) is 0. The van der Waals surface area contributed by atoms with Gasteiger partial charge in [-0.2, -0.15) is 0 Å². The van der Waals surface area contributed by atoms with Crippen LogP contribution in [0.15, 0.2) is 59.1 Å². The van der Waals surface area contributed by atoms with Gasteiger partial charge in [-0.15, -0.1) is 17.0 Å². The molecule has 78 valence electrons. The van der Waals surface area contributed by atoms with E-state index in [2.05, 4.69) is 70.5 Å². The van der Waals surface area contributed by atoms with E-state index in [9.17, 15) is 0 Å². The lowest BCUT2D eigenvalue weighted by Crippen LogP contribution is -3.61. The van der Waals surface area contributed by atoms with Crippen molar-refractivity contribution < 1.29 is 21.2 Å². The lowest BCUT2D eigenvalue weighted by atomic mass is 10.4. The summed E-state index contributed by atoms with van der Waals surface area (Å²) in [5.74, 6) is 0. The molecule has 0 N–H and O–H groups in total. The first-order chi connectivity index (χ1) is 6.84. The highest BCUT2D eigenvalue weighted by Gasteiger charge is 2.13. The van der Waals surface area contributed by atoms with Crippen LogP contribution in [0.2, 0.25) is 0 Å². The Hall–Kier alpha value is 0.130. The molecule has 0 amide bonds. The molecule has 0 nitrogen and oxygen atoms in total. The maximum Gasteiger partial charge on any atom is 0.357 e. The van der Waals surface area contributed by atoms with Gasteiger partial charge in [0.2, 0.25) is 0 Å². The van der Waals surface area contributed by atoms with Gasteiger partial charge in [-0.1, -0.05) is 34.1 Å². The van der Waals surface area contributed by atoms with E-state index in [1.54, 1.807) is 0 Å². The summed E-state index contributed by atoms with van der Waals surface area (Å²) in [5.41, 5.74) is 0. The average Bonchev–Trinajstić information content (AvgIpc) is 2.23. The zero-order valence-corrected chi connectivity index (χ0v) is 13.3. The van der Waals surface area contributed by atoms with Gasteiger partial charge in [0.25, 0.3) is 0 Å². The van der Waals surface area contributed by atoms with Crippen LogP contribution in [0.5, 0.6) is 0 Å². The van der Waals surface area contributed by atoms with E-state index in [1.165, 1.54) is 7.14 Å². The highest BCUT2D eigenvalue weighted by atomic mass is 127. The van der Waals surface area contributed by atoms with E-state index >= 15 is 0 Å². The molecule has 0 fully saturated rings. The van der Waals surface area contributed by atoms with Crippen LogP contribution in [0.25, 0.3) is 0 Å². The van der Waals surface area contributed by atoms with Crippen LogP contribution in [0.1, 0.15) is 0 Å². The van der Waals surface area contributed by atoms with Gasteiger partial charge in [-0.3, -0.25) is 0 Å². The Labute approximate surface area is 119 Å². The second kappa shape index (κ2) is 6.66. The van der Waals surface area contributed by atoms with Crippen LogP contribution in [0.4, 0.5) is 0 Å². The molecular weight excluding hydrogens is 431 g/mol. The van der Waals surface area contributed by atoms with E-state index in [-0.39, 0.29) is 38.2 Å². The summed E-state index contributed by atoms with van der Waals surface area (Å²) in [4.78, 5) is 0. The molecule has 0 atom stereocenters. The maximum atomic E-state index is 3.44. The molecule has 2 aromatic carbocycles. The highest BCUT2D eigenvalue weighted by molar-refractivity contribution is 9.10.